The Morgan fingerprint density at radius 1 is 0.265 bits per heavy atom. The van der Waals surface area contributed by atoms with E-state index < -0.39 is 0 Å². The van der Waals surface area contributed by atoms with E-state index in [-0.39, 0.29) is 53.2 Å². The zero-order valence-corrected chi connectivity index (χ0v) is 80.2. The van der Waals surface area contributed by atoms with Gasteiger partial charge in [0.2, 0.25) is 47.3 Å². The SMILES string of the molecule is CC1C(CC(N)=O)C2CC1C1C3C=CC(C3)C21.CC1C2CC(C1C(N)=O)C1C3C=CC(C3)C21.CCC1C(CC(N)=O)C2CC1C1C3C=CC(C3)C21.CCC1C2CC(C1C(N)=O)C1C3C=CC(C3)C21.CN(C)C(=O)C1CC2CC1C1C3C=CC(C3)C21.CNC(=O)C1CC2CC1C1C3C=CC(C3)C21.NC(=O)C1CC2CC1C1C3C=CC(C3)C21.NC(=O)CC1CC2CC1C1C3C=CC(C3)C21. The van der Waals surface area contributed by atoms with Gasteiger partial charge in [0.1, 0.15) is 0 Å². The Hall–Kier alpha value is -6.32. The standard InChI is InChI=1S/C16H23NO.3C15H21NO.3C14H19NO.C13H17NO/c1-2-10-11(7-14(17)18)13-6-12(10)15-8-3-4-9(5-8)16(13)15;1-16(2)15(17)12-7-10-6-11(12)14-9-4-3-8(5-9)13(10)14;1-7-10(6-13(16)17)12-5-11(7)14-8-2-3-9(4-8)15(12)14;1-2-9-10-6-11(14(9)15(16)17)13-8-4-3-7(5-8)12(10)13;1-15-14(16)11-6-9-5-10(11)13-8-3-2-7(4-8)12(9)13;1-6-9-5-10(11(6)14(15)16)13-8-3-2-7(4-8)12(9)13;15-12(16)6-9-4-10-5-11(9)14-8-2-1-7(3-8)13(10)14;14-13(15)10-5-8-4-9(10)12-7-2-1-6(3-7)11(8)12/h3-4,8-13,15-16H,2,5-7H2,1H3,(H2,17,18);3-4,8-14H,5-7H2,1-2H3;2-3,7-12,14-15H,4-6H2,1H3,(H2,16,17);3-4,7-14H,2,5-6H2,1H3,(H2,16,17);2-3,7-13H,4-6H2,1H3,(H,15,16);2-3,6-13H,4-5H2,1H3,(H2,15,16);1-2,7-11,13-14H,3-6H2,(H2,15,16);1-2,6-12H,3-5H2,(H2,14,15). The molecule has 32 aliphatic carbocycles. The molecule has 0 aliphatic heterocycles. The van der Waals surface area contributed by atoms with E-state index in [2.05, 4.69) is 130 Å². The van der Waals surface area contributed by atoms with Crippen LogP contribution in [-0.2, 0) is 38.4 Å². The minimum Gasteiger partial charge on any atom is -0.370 e. The summed E-state index contributed by atoms with van der Waals surface area (Å²) in [6.45, 7) is 9.16. The summed E-state index contributed by atoms with van der Waals surface area (Å²) < 4.78 is 0. The van der Waals surface area contributed by atoms with Crippen molar-refractivity contribution in [1.82, 2.24) is 10.2 Å². The normalized spacial score (nSPS) is 56.8. The summed E-state index contributed by atoms with van der Waals surface area (Å²) in [5.74, 6) is 46.3. The van der Waals surface area contributed by atoms with Gasteiger partial charge in [-0.15, -0.1) is 0 Å². The smallest absolute Gasteiger partial charge is 0.225 e. The summed E-state index contributed by atoms with van der Waals surface area (Å²) in [6, 6.07) is 0. The number of primary amides is 6. The molecular weight excluding hydrogens is 1630 g/mol. The van der Waals surface area contributed by atoms with Crippen LogP contribution in [0.2, 0.25) is 0 Å². The second-order valence-corrected chi connectivity index (χ2v) is 52.5. The highest BCUT2D eigenvalue weighted by Gasteiger charge is 2.72. The fourth-order valence-electron chi connectivity index (χ4n) is 46.5. The molecule has 8 amide bonds. The number of carbonyl (C=O) groups excluding carboxylic acids is 8. The summed E-state index contributed by atoms with van der Waals surface area (Å²) >= 11 is 0. The Morgan fingerprint density at radius 3 is 0.932 bits per heavy atom. The van der Waals surface area contributed by atoms with Crippen LogP contribution in [0.5, 0.6) is 0 Å². The maximum absolute atomic E-state index is 12.2. The monoisotopic (exact) mass is 1790 g/mol. The first-order valence-electron chi connectivity index (χ1n) is 55.3. The molecular formula is C116H160N8O8. The van der Waals surface area contributed by atoms with Crippen molar-refractivity contribution in [3.8, 4) is 0 Å². The van der Waals surface area contributed by atoms with E-state index in [4.69, 9.17) is 34.4 Å². The number of allylic oxidation sites excluding steroid dienone is 16. The number of nitrogens with two attached hydrogens (primary N) is 6. The molecule has 60 unspecified atom stereocenters. The second kappa shape index (κ2) is 32.4. The van der Waals surface area contributed by atoms with E-state index >= 15 is 0 Å². The molecule has 13 N–H and O–H groups in total. The third-order valence-corrected chi connectivity index (χ3v) is 49.1. The van der Waals surface area contributed by atoms with E-state index in [1.807, 2.05) is 19.0 Å². The number of amides is 8. The molecule has 132 heavy (non-hydrogen) atoms. The van der Waals surface area contributed by atoms with Crippen molar-refractivity contribution in [2.24, 2.45) is 389 Å². The van der Waals surface area contributed by atoms with Gasteiger partial charge >= 0.3 is 0 Å². The topological polar surface area (TPSA) is 308 Å². The number of nitrogens with one attached hydrogen (secondary N) is 1. The van der Waals surface area contributed by atoms with Crippen molar-refractivity contribution in [2.75, 3.05) is 21.1 Å². The van der Waals surface area contributed by atoms with Crippen molar-refractivity contribution in [2.45, 2.75) is 188 Å². The van der Waals surface area contributed by atoms with Gasteiger partial charge in [0, 0.05) is 70.0 Å². The molecule has 0 aromatic rings. The van der Waals surface area contributed by atoms with Gasteiger partial charge in [-0.05, 0) is 454 Å². The average molecular weight is 1790 g/mol. The number of carbonyl (C=O) groups is 8. The number of hydrogen-bond donors (Lipinski definition) is 7. The Balaban J connectivity index is 0.0000000811. The first kappa shape index (κ1) is 87.2. The van der Waals surface area contributed by atoms with Gasteiger partial charge in [-0.1, -0.05) is 138 Å². The molecule has 0 saturated heterocycles. The largest absolute Gasteiger partial charge is 0.370 e. The lowest BCUT2D eigenvalue weighted by molar-refractivity contribution is -0.136. The molecule has 24 fully saturated rings. The van der Waals surface area contributed by atoms with E-state index in [1.54, 1.807) is 7.05 Å². The summed E-state index contributed by atoms with van der Waals surface area (Å²) in [6.07, 6.45) is 70.0. The number of hydrogen-bond acceptors (Lipinski definition) is 8. The highest BCUT2D eigenvalue weighted by molar-refractivity contribution is 5.81. The van der Waals surface area contributed by atoms with Crippen molar-refractivity contribution in [1.29, 1.82) is 0 Å². The maximum atomic E-state index is 12.2. The fraction of sp³-hybridized carbons (Fsp3) is 0.793. The van der Waals surface area contributed by atoms with E-state index in [0.717, 1.165) is 279 Å². The van der Waals surface area contributed by atoms with Gasteiger partial charge in [0.05, 0.1) is 0 Å². The number of rotatable bonds is 13. The van der Waals surface area contributed by atoms with Gasteiger partial charge in [0.15, 0.2) is 0 Å². The molecule has 32 rings (SSSR count). The quantitative estimate of drug-likeness (QED) is 0.0685. The predicted octanol–water partition coefficient (Wildman–Crippen LogP) is 16.3. The second-order valence-electron chi connectivity index (χ2n) is 52.5. The Bertz CT molecular complexity index is 4890. The molecule has 0 aromatic carbocycles. The van der Waals surface area contributed by atoms with Crippen LogP contribution in [0.25, 0.3) is 0 Å². The van der Waals surface area contributed by atoms with Gasteiger partial charge in [0.25, 0.3) is 0 Å². The highest BCUT2D eigenvalue weighted by Crippen LogP contribution is 2.77. The highest BCUT2D eigenvalue weighted by atomic mass is 16.2. The Labute approximate surface area is 787 Å². The first-order chi connectivity index (χ1) is 63.7. The van der Waals surface area contributed by atoms with E-state index in [1.165, 1.54) is 128 Å². The van der Waals surface area contributed by atoms with Crippen LogP contribution in [0.4, 0.5) is 0 Å². The fourth-order valence-corrected chi connectivity index (χ4v) is 46.5. The molecule has 0 spiro atoms. The zero-order valence-electron chi connectivity index (χ0n) is 80.2. The van der Waals surface area contributed by atoms with Gasteiger partial charge in [-0.2, -0.15) is 0 Å². The Kier molecular flexibility index (Phi) is 21.4. The van der Waals surface area contributed by atoms with E-state index in [9.17, 15) is 38.4 Å². The van der Waals surface area contributed by atoms with Gasteiger partial charge in [-0.3, -0.25) is 38.4 Å². The minimum atomic E-state index is -0.0929. The molecule has 16 nitrogen and oxygen atoms in total. The minimum absolute atomic E-state index is 0.0189. The molecule has 32 bridgehead atoms. The summed E-state index contributed by atoms with van der Waals surface area (Å²) in [5, 5.41) is 2.86. The molecule has 0 aromatic heterocycles. The van der Waals surface area contributed by atoms with Crippen LogP contribution in [0.15, 0.2) is 97.2 Å². The predicted molar refractivity (Wildman–Crippen MR) is 509 cm³/mol. The third-order valence-electron chi connectivity index (χ3n) is 49.1. The number of nitrogens with zero attached hydrogens (tertiary/aromatic N) is 1. The van der Waals surface area contributed by atoms with Crippen LogP contribution < -0.4 is 39.7 Å². The van der Waals surface area contributed by atoms with Crippen molar-refractivity contribution in [3.63, 3.8) is 0 Å². The number of fused-ring (bicyclic) bond motifs is 72. The molecule has 24 saturated carbocycles. The van der Waals surface area contributed by atoms with Crippen LogP contribution in [0.1, 0.15) is 188 Å². The van der Waals surface area contributed by atoms with Gasteiger partial charge in [-0.25, -0.2) is 0 Å². The summed E-state index contributed by atoms with van der Waals surface area (Å²) in [7, 11) is 5.60. The molecule has 32 aliphatic rings. The molecule has 0 heterocycles. The van der Waals surface area contributed by atoms with Crippen LogP contribution in [0, 0.1) is 355 Å². The Morgan fingerprint density at radius 2 is 0.545 bits per heavy atom. The van der Waals surface area contributed by atoms with Crippen LogP contribution in [-0.4, -0.2) is 73.3 Å². The maximum Gasteiger partial charge on any atom is 0.225 e. The van der Waals surface area contributed by atoms with Crippen molar-refractivity contribution >= 4 is 47.3 Å². The third kappa shape index (κ3) is 12.9. The lowest BCUT2D eigenvalue weighted by Crippen LogP contribution is -2.42. The average Bonchev–Trinajstić information content (AvgIpc) is 1.53. The lowest BCUT2D eigenvalue weighted by atomic mass is 9.63. The van der Waals surface area contributed by atoms with Crippen molar-refractivity contribution in [3.05, 3.63) is 97.2 Å². The molecule has 0 radical (unpaired) electrons. The van der Waals surface area contributed by atoms with Gasteiger partial charge < -0.3 is 44.6 Å². The molecule has 712 valence electrons. The molecule has 60 atom stereocenters. The summed E-state index contributed by atoms with van der Waals surface area (Å²) in [5.41, 5.74) is 33.1. The first-order valence-corrected chi connectivity index (χ1v) is 55.3. The zero-order chi connectivity index (χ0) is 90.5. The van der Waals surface area contributed by atoms with Crippen LogP contribution in [0.3, 0.4) is 0 Å². The van der Waals surface area contributed by atoms with Crippen molar-refractivity contribution < 1.29 is 38.4 Å². The summed E-state index contributed by atoms with van der Waals surface area (Å²) in [4.78, 5) is 94.3. The lowest BCUT2D eigenvalue weighted by Gasteiger charge is -2.41. The van der Waals surface area contributed by atoms with E-state index in [0.29, 0.717) is 102 Å². The molecule has 16 heteroatoms. The van der Waals surface area contributed by atoms with Crippen LogP contribution >= 0.6 is 0 Å².